The fourth-order valence-electron chi connectivity index (χ4n) is 2.96. The summed E-state index contributed by atoms with van der Waals surface area (Å²) in [7, 11) is -8.17. The second-order valence-electron chi connectivity index (χ2n) is 6.07. The Balaban J connectivity index is 1.77. The minimum atomic E-state index is -4.17. The van der Waals surface area contributed by atoms with E-state index in [4.69, 9.17) is 21.5 Å². The van der Waals surface area contributed by atoms with Crippen molar-refractivity contribution in [3.8, 4) is 5.75 Å². The zero-order chi connectivity index (χ0) is 19.4. The van der Waals surface area contributed by atoms with Crippen LogP contribution in [0.25, 0.3) is 6.08 Å². The number of nitrogens with two attached hydrogens (primary N) is 1. The van der Waals surface area contributed by atoms with E-state index in [9.17, 15) is 16.8 Å². The van der Waals surface area contributed by atoms with Crippen LogP contribution >= 0.6 is 11.6 Å². The van der Waals surface area contributed by atoms with E-state index in [1.807, 2.05) is 30.3 Å². The molecule has 0 saturated heterocycles. The van der Waals surface area contributed by atoms with Gasteiger partial charge in [0.1, 0.15) is 28.3 Å². The molecule has 2 aromatic rings. The van der Waals surface area contributed by atoms with Crippen molar-refractivity contribution >= 4 is 43.4 Å². The number of halogens is 1. The number of fused-ring (bicyclic) bond motifs is 2. The summed E-state index contributed by atoms with van der Waals surface area (Å²) in [6.07, 6.45) is 1.07. The van der Waals surface area contributed by atoms with E-state index in [1.165, 1.54) is 6.07 Å². The van der Waals surface area contributed by atoms with Crippen molar-refractivity contribution in [3.05, 3.63) is 52.6 Å². The molecule has 2 heterocycles. The molecule has 0 aliphatic carbocycles. The maximum atomic E-state index is 12.7. The predicted molar refractivity (Wildman–Crippen MR) is 100 cm³/mol. The minimum Gasteiger partial charge on any atom is -0.488 e. The number of nitrogens with one attached hydrogen (secondary N) is 2. The molecule has 0 fully saturated rings. The Kier molecular flexibility index (Phi) is 4.20. The number of anilines is 1. The topological polar surface area (TPSA) is 128 Å². The SMILES string of the molecule is NS(=O)(=O)c1cc2c(cc1Cl)N[C@@H](C1=Cc3ccccc3OC1)NS2(=O)=O. The van der Waals surface area contributed by atoms with E-state index >= 15 is 0 Å². The highest BCUT2D eigenvalue weighted by molar-refractivity contribution is 7.90. The first-order valence-electron chi connectivity index (χ1n) is 7.73. The van der Waals surface area contributed by atoms with E-state index in [0.717, 1.165) is 11.6 Å². The molecule has 4 N–H and O–H groups in total. The lowest BCUT2D eigenvalue weighted by Gasteiger charge is -2.31. The molecule has 0 saturated carbocycles. The first-order chi connectivity index (χ1) is 12.6. The smallest absolute Gasteiger partial charge is 0.244 e. The van der Waals surface area contributed by atoms with Gasteiger partial charge < -0.3 is 10.1 Å². The lowest BCUT2D eigenvalue weighted by molar-refractivity contribution is 0.338. The van der Waals surface area contributed by atoms with Crippen LogP contribution in [0.5, 0.6) is 5.75 Å². The third-order valence-electron chi connectivity index (χ3n) is 4.23. The largest absolute Gasteiger partial charge is 0.488 e. The summed E-state index contributed by atoms with van der Waals surface area (Å²) in [6.45, 7) is 0.190. The van der Waals surface area contributed by atoms with Gasteiger partial charge in [-0.3, -0.25) is 0 Å². The van der Waals surface area contributed by atoms with Crippen LogP contribution in [-0.4, -0.2) is 29.6 Å². The molecule has 27 heavy (non-hydrogen) atoms. The molecule has 2 aliphatic rings. The van der Waals surface area contributed by atoms with Gasteiger partial charge in [-0.15, -0.1) is 0 Å². The van der Waals surface area contributed by atoms with Crippen LogP contribution in [0.15, 0.2) is 51.8 Å². The van der Waals surface area contributed by atoms with E-state index in [0.29, 0.717) is 11.3 Å². The molecule has 2 aromatic carbocycles. The van der Waals surface area contributed by atoms with E-state index in [-0.39, 0.29) is 22.2 Å². The molecule has 0 spiro atoms. The van der Waals surface area contributed by atoms with Gasteiger partial charge in [0.2, 0.25) is 20.0 Å². The molecule has 8 nitrogen and oxygen atoms in total. The third kappa shape index (κ3) is 3.30. The highest BCUT2D eigenvalue weighted by Crippen LogP contribution is 2.35. The molecular weight excluding hydrogens is 414 g/mol. The maximum absolute atomic E-state index is 12.7. The molecule has 0 radical (unpaired) electrons. The van der Waals surface area contributed by atoms with Crippen LogP contribution < -0.4 is 19.9 Å². The number of para-hydroxylation sites is 1. The summed E-state index contributed by atoms with van der Waals surface area (Å²) in [6, 6.07) is 9.56. The number of ether oxygens (including phenoxy) is 1. The normalized spacial score (nSPS) is 20.5. The fourth-order valence-corrected chi connectivity index (χ4v) is 5.46. The van der Waals surface area contributed by atoms with Gasteiger partial charge in [0.25, 0.3) is 0 Å². The van der Waals surface area contributed by atoms with Gasteiger partial charge in [-0.05, 0) is 24.3 Å². The quantitative estimate of drug-likeness (QED) is 0.666. The fraction of sp³-hybridized carbons (Fsp3) is 0.125. The average molecular weight is 428 g/mol. The van der Waals surface area contributed by atoms with E-state index in [2.05, 4.69) is 10.0 Å². The van der Waals surface area contributed by atoms with Crippen LogP contribution in [0, 0.1) is 0 Å². The Labute approximate surface area is 161 Å². The lowest BCUT2D eigenvalue weighted by Crippen LogP contribution is -2.47. The van der Waals surface area contributed by atoms with Crippen molar-refractivity contribution in [3.63, 3.8) is 0 Å². The second-order valence-corrected chi connectivity index (χ2v) is 9.69. The van der Waals surface area contributed by atoms with Crippen LogP contribution in [0.1, 0.15) is 5.56 Å². The predicted octanol–water partition coefficient (Wildman–Crippen LogP) is 1.49. The van der Waals surface area contributed by atoms with Crippen LogP contribution in [-0.2, 0) is 20.0 Å². The monoisotopic (exact) mass is 427 g/mol. The Morgan fingerprint density at radius 1 is 1.22 bits per heavy atom. The van der Waals surface area contributed by atoms with Crippen molar-refractivity contribution in [1.29, 1.82) is 0 Å². The Bertz CT molecular complexity index is 1190. The number of sulfonamides is 2. The molecule has 0 amide bonds. The van der Waals surface area contributed by atoms with Gasteiger partial charge in [0.15, 0.2) is 0 Å². The Hall–Kier alpha value is -2.11. The summed E-state index contributed by atoms with van der Waals surface area (Å²) >= 11 is 5.99. The average Bonchev–Trinajstić information content (AvgIpc) is 2.59. The van der Waals surface area contributed by atoms with Crippen molar-refractivity contribution < 1.29 is 21.6 Å². The van der Waals surface area contributed by atoms with Gasteiger partial charge in [0, 0.05) is 11.1 Å². The second kappa shape index (κ2) is 6.21. The first-order valence-corrected chi connectivity index (χ1v) is 11.1. The minimum absolute atomic E-state index is 0.168. The molecule has 0 bridgehead atoms. The van der Waals surface area contributed by atoms with Crippen molar-refractivity contribution in [1.82, 2.24) is 4.72 Å². The zero-order valence-corrected chi connectivity index (χ0v) is 16.0. The molecular formula is C16H14ClN3O5S2. The van der Waals surface area contributed by atoms with Crippen LogP contribution in [0.3, 0.4) is 0 Å². The first kappa shape index (κ1) is 18.3. The number of benzene rings is 2. The van der Waals surface area contributed by atoms with Gasteiger partial charge in [-0.2, -0.15) is 4.72 Å². The van der Waals surface area contributed by atoms with Crippen LogP contribution in [0.4, 0.5) is 5.69 Å². The number of primary sulfonamides is 1. The summed E-state index contributed by atoms with van der Waals surface area (Å²) < 4.78 is 56.7. The van der Waals surface area contributed by atoms with Crippen molar-refractivity contribution in [2.75, 3.05) is 11.9 Å². The standard InChI is InChI=1S/C16H14ClN3O5S2/c17-11-6-12-15(7-14(11)26(18,21)22)27(23,24)20-16(19-12)10-5-9-3-1-2-4-13(9)25-8-10/h1-7,16,19-20H,8H2,(H2,18,21,22)/t16-/m1/s1. The molecule has 2 aliphatic heterocycles. The number of rotatable bonds is 2. The number of hydrogen-bond acceptors (Lipinski definition) is 6. The van der Waals surface area contributed by atoms with Crippen molar-refractivity contribution in [2.45, 2.75) is 16.0 Å². The zero-order valence-electron chi connectivity index (χ0n) is 13.6. The molecule has 0 unspecified atom stereocenters. The van der Waals surface area contributed by atoms with E-state index in [1.54, 1.807) is 0 Å². The molecule has 4 rings (SSSR count). The highest BCUT2D eigenvalue weighted by atomic mass is 35.5. The lowest BCUT2D eigenvalue weighted by atomic mass is 10.1. The summed E-state index contributed by atoms with van der Waals surface area (Å²) in [5.41, 5.74) is 1.67. The van der Waals surface area contributed by atoms with Gasteiger partial charge in [-0.25, -0.2) is 22.0 Å². The molecule has 142 valence electrons. The van der Waals surface area contributed by atoms with Gasteiger partial charge in [0.05, 0.1) is 10.7 Å². The Morgan fingerprint density at radius 3 is 2.70 bits per heavy atom. The maximum Gasteiger partial charge on any atom is 0.244 e. The highest BCUT2D eigenvalue weighted by Gasteiger charge is 2.34. The molecule has 1 atom stereocenters. The summed E-state index contributed by atoms with van der Waals surface area (Å²) in [5.74, 6) is 0.709. The Morgan fingerprint density at radius 2 is 1.96 bits per heavy atom. The van der Waals surface area contributed by atoms with Crippen molar-refractivity contribution in [2.24, 2.45) is 5.14 Å². The van der Waals surface area contributed by atoms with E-state index < -0.39 is 31.1 Å². The summed E-state index contributed by atoms with van der Waals surface area (Å²) in [4.78, 5) is -0.701. The van der Waals surface area contributed by atoms with Gasteiger partial charge >= 0.3 is 0 Å². The number of hydrogen-bond donors (Lipinski definition) is 3. The van der Waals surface area contributed by atoms with Gasteiger partial charge in [-0.1, -0.05) is 29.8 Å². The molecule has 11 heteroatoms. The summed E-state index contributed by atoms with van der Waals surface area (Å²) in [5, 5.41) is 7.94. The van der Waals surface area contributed by atoms with Crippen LogP contribution in [0.2, 0.25) is 5.02 Å². The molecule has 0 aromatic heterocycles. The third-order valence-corrected chi connectivity index (χ3v) is 7.07.